The van der Waals surface area contributed by atoms with Crippen molar-refractivity contribution in [3.8, 4) is 0 Å². The zero-order valence-corrected chi connectivity index (χ0v) is 17.0. The Kier molecular flexibility index (Phi) is 6.25. The van der Waals surface area contributed by atoms with Gasteiger partial charge in [-0.15, -0.1) is 0 Å². The summed E-state index contributed by atoms with van der Waals surface area (Å²) >= 11 is 0. The van der Waals surface area contributed by atoms with Crippen LogP contribution in [-0.4, -0.2) is 42.1 Å². The van der Waals surface area contributed by atoms with Gasteiger partial charge >= 0.3 is 0 Å². The highest BCUT2D eigenvalue weighted by Gasteiger charge is 2.18. The summed E-state index contributed by atoms with van der Waals surface area (Å²) in [6.45, 7) is 1.54. The molecule has 2 heterocycles. The molecule has 152 valence electrons. The van der Waals surface area contributed by atoms with E-state index in [9.17, 15) is 4.79 Å². The van der Waals surface area contributed by atoms with E-state index in [-0.39, 0.29) is 12.0 Å². The molecule has 0 radical (unpaired) electrons. The monoisotopic (exact) mass is 392 g/mol. The Morgan fingerprint density at radius 3 is 2.79 bits per heavy atom. The molecule has 1 amide bonds. The lowest BCUT2D eigenvalue weighted by atomic mass is 10.1. The van der Waals surface area contributed by atoms with Crippen LogP contribution in [0.15, 0.2) is 52.9 Å². The van der Waals surface area contributed by atoms with Gasteiger partial charge in [0.25, 0.3) is 5.91 Å². The highest BCUT2D eigenvalue weighted by atomic mass is 16.5. The quantitative estimate of drug-likeness (QED) is 0.588. The summed E-state index contributed by atoms with van der Waals surface area (Å²) in [5, 5.41) is 0. The molecule has 1 aromatic heterocycles. The molecule has 3 aromatic rings. The fourth-order valence-corrected chi connectivity index (χ4v) is 3.81. The lowest BCUT2D eigenvalue weighted by Crippen LogP contribution is -2.31. The third-order valence-corrected chi connectivity index (χ3v) is 5.56. The van der Waals surface area contributed by atoms with Gasteiger partial charge in [-0.1, -0.05) is 30.3 Å². The van der Waals surface area contributed by atoms with Gasteiger partial charge in [0.1, 0.15) is 5.52 Å². The molecule has 0 N–H and O–H groups in total. The van der Waals surface area contributed by atoms with Gasteiger partial charge in [-0.3, -0.25) is 4.79 Å². The van der Waals surface area contributed by atoms with Crippen molar-refractivity contribution >= 4 is 17.0 Å². The highest BCUT2D eigenvalue weighted by molar-refractivity contribution is 5.96. The van der Waals surface area contributed by atoms with E-state index in [1.165, 1.54) is 12.0 Å². The van der Waals surface area contributed by atoms with E-state index in [0.717, 1.165) is 49.8 Å². The van der Waals surface area contributed by atoms with Crippen molar-refractivity contribution in [2.45, 2.75) is 44.6 Å². The number of hydrogen-bond donors (Lipinski definition) is 0. The zero-order valence-electron chi connectivity index (χ0n) is 17.0. The fraction of sp³-hybridized carbons (Fsp3) is 0.417. The molecule has 1 saturated heterocycles. The molecule has 1 aliphatic rings. The molecular weight excluding hydrogens is 364 g/mol. The smallest absolute Gasteiger partial charge is 0.253 e. The zero-order chi connectivity index (χ0) is 20.1. The second-order valence-corrected chi connectivity index (χ2v) is 7.78. The molecule has 0 spiro atoms. The van der Waals surface area contributed by atoms with Crippen LogP contribution in [0.3, 0.4) is 0 Å². The SMILES string of the molecule is CN(CCC1CCCCO1)C(=O)c1ccc2oc(CCc3ccccc3)nc2c1. The van der Waals surface area contributed by atoms with E-state index >= 15 is 0 Å². The van der Waals surface area contributed by atoms with Crippen molar-refractivity contribution < 1.29 is 13.9 Å². The van der Waals surface area contributed by atoms with Gasteiger partial charge in [-0.25, -0.2) is 4.98 Å². The molecule has 1 atom stereocenters. The van der Waals surface area contributed by atoms with Crippen molar-refractivity contribution in [1.29, 1.82) is 0 Å². The first-order valence-corrected chi connectivity index (χ1v) is 10.5. The number of nitrogens with zero attached hydrogens (tertiary/aromatic N) is 2. The number of aromatic nitrogens is 1. The van der Waals surface area contributed by atoms with E-state index in [1.807, 2.05) is 43.4 Å². The Labute approximate surface area is 171 Å². The standard InChI is InChI=1S/C24H28N2O3/c1-26(15-14-20-9-5-6-16-28-20)24(27)19-11-12-22-21(17-19)25-23(29-22)13-10-18-7-3-2-4-8-18/h2-4,7-8,11-12,17,20H,5-6,9-10,13-16H2,1H3. The number of amides is 1. The van der Waals surface area contributed by atoms with Crippen LogP contribution in [0.25, 0.3) is 11.1 Å². The van der Waals surface area contributed by atoms with Crippen LogP contribution in [0.5, 0.6) is 0 Å². The van der Waals surface area contributed by atoms with Gasteiger partial charge < -0.3 is 14.1 Å². The number of oxazole rings is 1. The van der Waals surface area contributed by atoms with E-state index < -0.39 is 0 Å². The summed E-state index contributed by atoms with van der Waals surface area (Å²) < 4.78 is 11.6. The van der Waals surface area contributed by atoms with E-state index in [1.54, 1.807) is 4.90 Å². The second-order valence-electron chi connectivity index (χ2n) is 7.78. The number of rotatable bonds is 7. The van der Waals surface area contributed by atoms with Crippen LogP contribution in [-0.2, 0) is 17.6 Å². The Morgan fingerprint density at radius 2 is 2.00 bits per heavy atom. The average molecular weight is 392 g/mol. The van der Waals surface area contributed by atoms with Crippen molar-refractivity contribution in [3.05, 3.63) is 65.5 Å². The number of ether oxygens (including phenoxy) is 1. The third kappa shape index (κ3) is 5.04. The molecule has 0 bridgehead atoms. The van der Waals surface area contributed by atoms with E-state index in [4.69, 9.17) is 9.15 Å². The minimum Gasteiger partial charge on any atom is -0.441 e. The molecule has 29 heavy (non-hydrogen) atoms. The minimum absolute atomic E-state index is 0.0107. The highest BCUT2D eigenvalue weighted by Crippen LogP contribution is 2.20. The molecular formula is C24H28N2O3. The minimum atomic E-state index is 0.0107. The molecule has 0 aliphatic carbocycles. The first-order chi connectivity index (χ1) is 14.2. The third-order valence-electron chi connectivity index (χ3n) is 5.56. The van der Waals surface area contributed by atoms with E-state index in [0.29, 0.717) is 18.0 Å². The summed E-state index contributed by atoms with van der Waals surface area (Å²) in [5.74, 6) is 0.716. The molecule has 1 unspecified atom stereocenters. The molecule has 0 saturated carbocycles. The molecule has 1 fully saturated rings. The number of hydrogen-bond acceptors (Lipinski definition) is 4. The Bertz CT molecular complexity index is 945. The van der Waals surface area contributed by atoms with Gasteiger partial charge in [0, 0.05) is 32.2 Å². The van der Waals surface area contributed by atoms with Crippen LogP contribution in [0, 0.1) is 0 Å². The molecule has 5 heteroatoms. The van der Waals surface area contributed by atoms with Crippen molar-refractivity contribution in [1.82, 2.24) is 9.88 Å². The van der Waals surface area contributed by atoms with Crippen molar-refractivity contribution in [2.24, 2.45) is 0 Å². The number of carbonyl (C=O) groups is 1. The first kappa shape index (κ1) is 19.6. The number of carbonyl (C=O) groups excluding carboxylic acids is 1. The summed E-state index contributed by atoms with van der Waals surface area (Å²) in [5.41, 5.74) is 3.37. The van der Waals surface area contributed by atoms with E-state index in [2.05, 4.69) is 17.1 Å². The predicted octanol–water partition coefficient (Wildman–Crippen LogP) is 4.64. The fourth-order valence-electron chi connectivity index (χ4n) is 3.81. The largest absolute Gasteiger partial charge is 0.441 e. The lowest BCUT2D eigenvalue weighted by molar-refractivity contribution is 0.00709. The van der Waals surface area contributed by atoms with Gasteiger partial charge in [0.2, 0.25) is 0 Å². The Morgan fingerprint density at radius 1 is 1.14 bits per heavy atom. The maximum absolute atomic E-state index is 12.8. The van der Waals surface area contributed by atoms with Gasteiger partial charge in [0.05, 0.1) is 6.10 Å². The molecule has 5 nitrogen and oxygen atoms in total. The maximum Gasteiger partial charge on any atom is 0.253 e. The number of fused-ring (bicyclic) bond motifs is 1. The predicted molar refractivity (Wildman–Crippen MR) is 113 cm³/mol. The summed E-state index contributed by atoms with van der Waals surface area (Å²) in [6.07, 6.45) is 6.25. The summed E-state index contributed by atoms with van der Waals surface area (Å²) in [7, 11) is 1.85. The Hall–Kier alpha value is -2.66. The Balaban J connectivity index is 1.37. The number of aryl methyl sites for hydroxylation is 2. The number of benzene rings is 2. The van der Waals surface area contributed by atoms with Crippen LogP contribution in [0.1, 0.15) is 47.5 Å². The van der Waals surface area contributed by atoms with Gasteiger partial charge in [0.15, 0.2) is 11.5 Å². The summed E-state index contributed by atoms with van der Waals surface area (Å²) in [4.78, 5) is 19.2. The van der Waals surface area contributed by atoms with Gasteiger partial charge in [-0.05, 0) is 55.9 Å². The topological polar surface area (TPSA) is 55.6 Å². The van der Waals surface area contributed by atoms with Crippen LogP contribution in [0.2, 0.25) is 0 Å². The molecule has 2 aromatic carbocycles. The van der Waals surface area contributed by atoms with Crippen LogP contribution < -0.4 is 0 Å². The van der Waals surface area contributed by atoms with Crippen LogP contribution in [0.4, 0.5) is 0 Å². The summed E-state index contributed by atoms with van der Waals surface area (Å²) in [6, 6.07) is 15.8. The molecule has 1 aliphatic heterocycles. The second kappa shape index (κ2) is 9.23. The average Bonchev–Trinajstić information content (AvgIpc) is 3.19. The first-order valence-electron chi connectivity index (χ1n) is 10.5. The van der Waals surface area contributed by atoms with Crippen molar-refractivity contribution in [3.63, 3.8) is 0 Å². The maximum atomic E-state index is 12.8. The van der Waals surface area contributed by atoms with Crippen molar-refractivity contribution in [2.75, 3.05) is 20.2 Å². The lowest BCUT2D eigenvalue weighted by Gasteiger charge is -2.25. The normalized spacial score (nSPS) is 16.8. The van der Waals surface area contributed by atoms with Gasteiger partial charge in [-0.2, -0.15) is 0 Å². The van der Waals surface area contributed by atoms with Crippen LogP contribution >= 0.6 is 0 Å². The molecule has 4 rings (SSSR count).